The highest BCUT2D eigenvalue weighted by Gasteiger charge is 2.36. The van der Waals surface area contributed by atoms with Gasteiger partial charge in [-0.3, -0.25) is 10.1 Å². The number of aromatic nitrogens is 1. The van der Waals surface area contributed by atoms with Gasteiger partial charge >= 0.3 is 0 Å². The van der Waals surface area contributed by atoms with Crippen LogP contribution in [0.1, 0.15) is 0 Å². The van der Waals surface area contributed by atoms with E-state index in [1.165, 1.54) is 12.3 Å². The van der Waals surface area contributed by atoms with E-state index in [0.29, 0.717) is 11.8 Å². The Labute approximate surface area is 98.8 Å². The summed E-state index contributed by atoms with van der Waals surface area (Å²) in [5, 5.41) is 13.9. The molecule has 0 amide bonds. The molecular weight excluding hydrogens is 220 g/mol. The summed E-state index contributed by atoms with van der Waals surface area (Å²) in [6.07, 6.45) is 1.34. The van der Waals surface area contributed by atoms with Crippen molar-refractivity contribution >= 4 is 11.5 Å². The molecule has 2 aliphatic rings. The minimum absolute atomic E-state index is 0.0507. The number of hydrogen-bond donors (Lipinski definition) is 1. The largest absolute Gasteiger partial charge is 0.356 e. The quantitative estimate of drug-likeness (QED) is 0.600. The van der Waals surface area contributed by atoms with Gasteiger partial charge in [-0.05, 0) is 17.9 Å². The molecule has 0 bridgehead atoms. The van der Waals surface area contributed by atoms with E-state index in [-0.39, 0.29) is 5.69 Å². The first-order valence-electron chi connectivity index (χ1n) is 5.80. The molecule has 0 aromatic carbocycles. The lowest BCUT2D eigenvalue weighted by Crippen LogP contribution is -2.26. The van der Waals surface area contributed by atoms with Crippen LogP contribution in [-0.2, 0) is 0 Å². The molecule has 3 heterocycles. The minimum atomic E-state index is -0.417. The van der Waals surface area contributed by atoms with Crippen molar-refractivity contribution in [3.05, 3.63) is 28.4 Å². The molecule has 0 radical (unpaired) electrons. The van der Waals surface area contributed by atoms with Gasteiger partial charge in [0.15, 0.2) is 0 Å². The molecule has 2 unspecified atom stereocenters. The fourth-order valence-corrected chi connectivity index (χ4v) is 2.72. The molecule has 2 aliphatic heterocycles. The topological polar surface area (TPSA) is 71.3 Å². The molecule has 1 aromatic rings. The molecule has 0 spiro atoms. The van der Waals surface area contributed by atoms with Gasteiger partial charge in [-0.2, -0.15) is 0 Å². The Kier molecular flexibility index (Phi) is 2.44. The van der Waals surface area contributed by atoms with E-state index in [9.17, 15) is 10.1 Å². The predicted octanol–water partition coefficient (Wildman–Crippen LogP) is 0.645. The lowest BCUT2D eigenvalue weighted by Gasteiger charge is -2.17. The summed E-state index contributed by atoms with van der Waals surface area (Å²) >= 11 is 0. The second-order valence-electron chi connectivity index (χ2n) is 4.72. The van der Waals surface area contributed by atoms with E-state index in [2.05, 4.69) is 15.2 Å². The molecule has 17 heavy (non-hydrogen) atoms. The van der Waals surface area contributed by atoms with Crippen LogP contribution in [0.2, 0.25) is 0 Å². The Morgan fingerprint density at radius 2 is 2.06 bits per heavy atom. The SMILES string of the molecule is O=[N+]([O-])c1ccc(N2CC3CNCC3C2)nc1. The third-order valence-electron chi connectivity index (χ3n) is 3.66. The Balaban J connectivity index is 1.75. The van der Waals surface area contributed by atoms with Crippen LogP contribution in [0.4, 0.5) is 11.5 Å². The maximum Gasteiger partial charge on any atom is 0.287 e. The van der Waals surface area contributed by atoms with E-state index in [1.54, 1.807) is 6.07 Å². The van der Waals surface area contributed by atoms with Crippen LogP contribution in [-0.4, -0.2) is 36.1 Å². The summed E-state index contributed by atoms with van der Waals surface area (Å²) < 4.78 is 0. The molecule has 1 N–H and O–H groups in total. The third-order valence-corrected chi connectivity index (χ3v) is 3.66. The summed E-state index contributed by atoms with van der Waals surface area (Å²) in [6.45, 7) is 4.16. The number of pyridine rings is 1. The highest BCUT2D eigenvalue weighted by atomic mass is 16.6. The third kappa shape index (κ3) is 1.84. The molecule has 2 fully saturated rings. The number of nitrogens with one attached hydrogen (secondary N) is 1. The van der Waals surface area contributed by atoms with Crippen LogP contribution in [0.5, 0.6) is 0 Å². The van der Waals surface area contributed by atoms with E-state index >= 15 is 0 Å². The van der Waals surface area contributed by atoms with Gasteiger partial charge in [0.05, 0.1) is 4.92 Å². The van der Waals surface area contributed by atoms with Crippen molar-refractivity contribution in [1.29, 1.82) is 0 Å². The maximum absolute atomic E-state index is 10.5. The Bertz CT molecular complexity index is 422. The number of anilines is 1. The molecule has 3 rings (SSSR count). The van der Waals surface area contributed by atoms with E-state index in [4.69, 9.17) is 0 Å². The summed E-state index contributed by atoms with van der Waals surface area (Å²) in [5.41, 5.74) is 0.0507. The number of rotatable bonds is 2. The molecule has 1 aromatic heterocycles. The molecule has 2 saturated heterocycles. The van der Waals surface area contributed by atoms with Gasteiger partial charge < -0.3 is 10.2 Å². The average Bonchev–Trinajstić information content (AvgIpc) is 2.89. The standard InChI is InChI=1S/C11H14N4O2/c16-15(17)10-1-2-11(13-5-10)14-6-8-3-12-4-9(8)7-14/h1-2,5,8-9,12H,3-4,6-7H2. The molecule has 0 saturated carbocycles. The molecule has 6 nitrogen and oxygen atoms in total. The Hall–Kier alpha value is -1.69. The number of nitro groups is 1. The second-order valence-corrected chi connectivity index (χ2v) is 4.72. The molecule has 0 aliphatic carbocycles. The van der Waals surface area contributed by atoms with Crippen molar-refractivity contribution in [3.8, 4) is 0 Å². The van der Waals surface area contributed by atoms with Gasteiger partial charge in [-0.25, -0.2) is 4.98 Å². The monoisotopic (exact) mass is 234 g/mol. The zero-order valence-corrected chi connectivity index (χ0v) is 9.37. The van der Waals surface area contributed by atoms with Gasteiger partial charge in [-0.1, -0.05) is 0 Å². The molecular formula is C11H14N4O2. The fraction of sp³-hybridized carbons (Fsp3) is 0.545. The zero-order valence-electron chi connectivity index (χ0n) is 9.37. The molecule has 90 valence electrons. The first-order valence-corrected chi connectivity index (χ1v) is 5.80. The summed E-state index contributed by atoms with van der Waals surface area (Å²) in [5.74, 6) is 2.25. The van der Waals surface area contributed by atoms with E-state index < -0.39 is 4.92 Å². The number of fused-ring (bicyclic) bond motifs is 1. The highest BCUT2D eigenvalue weighted by Crippen LogP contribution is 2.29. The zero-order chi connectivity index (χ0) is 11.8. The molecule has 6 heteroatoms. The van der Waals surface area contributed by atoms with Crippen molar-refractivity contribution in [2.75, 3.05) is 31.1 Å². The normalized spacial score (nSPS) is 27.2. The van der Waals surface area contributed by atoms with Crippen LogP contribution in [0.25, 0.3) is 0 Å². The van der Waals surface area contributed by atoms with Gasteiger partial charge in [0.2, 0.25) is 0 Å². The number of hydrogen-bond acceptors (Lipinski definition) is 5. The Morgan fingerprint density at radius 1 is 1.35 bits per heavy atom. The lowest BCUT2D eigenvalue weighted by atomic mass is 10.0. The summed E-state index contributed by atoms with van der Waals surface area (Å²) in [7, 11) is 0. The lowest BCUT2D eigenvalue weighted by molar-refractivity contribution is -0.385. The predicted molar refractivity (Wildman–Crippen MR) is 63.0 cm³/mol. The van der Waals surface area contributed by atoms with E-state index in [0.717, 1.165) is 32.0 Å². The summed E-state index contributed by atoms with van der Waals surface area (Å²) in [6, 6.07) is 3.27. The average molecular weight is 234 g/mol. The smallest absolute Gasteiger partial charge is 0.287 e. The van der Waals surface area contributed by atoms with Crippen LogP contribution < -0.4 is 10.2 Å². The van der Waals surface area contributed by atoms with Crippen molar-refractivity contribution in [2.45, 2.75) is 0 Å². The van der Waals surface area contributed by atoms with Crippen molar-refractivity contribution in [1.82, 2.24) is 10.3 Å². The summed E-state index contributed by atoms with van der Waals surface area (Å²) in [4.78, 5) is 16.5. The van der Waals surface area contributed by atoms with Gasteiger partial charge in [0.1, 0.15) is 12.0 Å². The van der Waals surface area contributed by atoms with Crippen LogP contribution >= 0.6 is 0 Å². The van der Waals surface area contributed by atoms with Crippen LogP contribution in [0.15, 0.2) is 18.3 Å². The van der Waals surface area contributed by atoms with E-state index in [1.807, 2.05) is 0 Å². The Morgan fingerprint density at radius 3 is 2.59 bits per heavy atom. The first-order chi connectivity index (χ1) is 8.24. The van der Waals surface area contributed by atoms with Crippen molar-refractivity contribution < 1.29 is 4.92 Å². The fourth-order valence-electron chi connectivity index (χ4n) is 2.72. The van der Waals surface area contributed by atoms with Crippen LogP contribution in [0, 0.1) is 22.0 Å². The maximum atomic E-state index is 10.5. The van der Waals surface area contributed by atoms with Crippen molar-refractivity contribution in [2.24, 2.45) is 11.8 Å². The van der Waals surface area contributed by atoms with Crippen LogP contribution in [0.3, 0.4) is 0 Å². The molecule has 2 atom stereocenters. The first kappa shape index (κ1) is 10.5. The minimum Gasteiger partial charge on any atom is -0.356 e. The van der Waals surface area contributed by atoms with Gasteiger partial charge in [-0.15, -0.1) is 0 Å². The highest BCUT2D eigenvalue weighted by molar-refractivity contribution is 5.44. The van der Waals surface area contributed by atoms with Gasteiger partial charge in [0, 0.05) is 32.2 Å². The number of nitrogens with zero attached hydrogens (tertiary/aromatic N) is 3. The van der Waals surface area contributed by atoms with Crippen molar-refractivity contribution in [3.63, 3.8) is 0 Å². The van der Waals surface area contributed by atoms with Gasteiger partial charge in [0.25, 0.3) is 5.69 Å². The second kappa shape index (κ2) is 3.96.